The van der Waals surface area contributed by atoms with Crippen molar-refractivity contribution in [2.45, 2.75) is 65.0 Å². The summed E-state index contributed by atoms with van der Waals surface area (Å²) in [5.74, 6) is 1.24. The molecule has 3 atom stereocenters. The van der Waals surface area contributed by atoms with Gasteiger partial charge in [-0.1, -0.05) is 19.4 Å². The number of carbonyl (C=O) groups is 2. The summed E-state index contributed by atoms with van der Waals surface area (Å²) in [6, 6.07) is 5.87. The summed E-state index contributed by atoms with van der Waals surface area (Å²) in [7, 11) is 3.11. The molecular formula is C26H36N2O5. The highest BCUT2D eigenvalue weighted by Gasteiger charge is 2.43. The number of benzene rings is 1. The lowest BCUT2D eigenvalue weighted by Crippen LogP contribution is -2.47. The van der Waals surface area contributed by atoms with Crippen LogP contribution in [0.1, 0.15) is 64.3 Å². The Hall–Kier alpha value is -2.54. The lowest BCUT2D eigenvalue weighted by molar-refractivity contribution is -0.143. The second-order valence-corrected chi connectivity index (χ2v) is 10.2. The van der Waals surface area contributed by atoms with E-state index in [0.717, 1.165) is 60.3 Å². The topological polar surface area (TPSA) is 70.0 Å². The number of piperidine rings is 1. The van der Waals surface area contributed by atoms with E-state index in [-0.39, 0.29) is 24.0 Å². The summed E-state index contributed by atoms with van der Waals surface area (Å²) in [5, 5.41) is 0.989. The standard InChI is InChI=1S/C26H36N2O5/c1-7-16-15-27-12-11-18-23-19(9-8-10-21(23)31-5)28(25(30)33-26(2,3)4)24(18)20(27)13-17(16)14-22(29)32-6/h8-10,16-17,20H,7,11-15H2,1-6H3/t16-,17-,20+/m1/s1. The molecule has 0 bridgehead atoms. The first-order valence-electron chi connectivity index (χ1n) is 11.9. The fourth-order valence-corrected chi connectivity index (χ4v) is 5.68. The minimum atomic E-state index is -0.610. The molecule has 2 aliphatic heterocycles. The third-order valence-electron chi connectivity index (χ3n) is 7.14. The zero-order valence-electron chi connectivity index (χ0n) is 20.6. The van der Waals surface area contributed by atoms with Crippen molar-refractivity contribution in [3.05, 3.63) is 29.5 Å². The van der Waals surface area contributed by atoms with E-state index in [1.807, 2.05) is 39.0 Å². The van der Waals surface area contributed by atoms with Crippen LogP contribution < -0.4 is 4.74 Å². The number of nitrogens with zero attached hydrogens (tertiary/aromatic N) is 2. The molecule has 1 aromatic carbocycles. The van der Waals surface area contributed by atoms with Gasteiger partial charge in [0.1, 0.15) is 11.4 Å². The van der Waals surface area contributed by atoms with Gasteiger partial charge in [-0.05, 0) is 63.1 Å². The molecular weight excluding hydrogens is 420 g/mol. The molecule has 1 aromatic heterocycles. The van der Waals surface area contributed by atoms with Crippen molar-refractivity contribution in [2.75, 3.05) is 27.3 Å². The van der Waals surface area contributed by atoms with Gasteiger partial charge in [0, 0.05) is 24.9 Å². The van der Waals surface area contributed by atoms with Crippen LogP contribution in [0.25, 0.3) is 10.9 Å². The van der Waals surface area contributed by atoms with Crippen LogP contribution >= 0.6 is 0 Å². The van der Waals surface area contributed by atoms with Crippen molar-refractivity contribution in [1.29, 1.82) is 0 Å². The molecule has 0 unspecified atom stereocenters. The van der Waals surface area contributed by atoms with Gasteiger partial charge >= 0.3 is 12.1 Å². The van der Waals surface area contributed by atoms with Gasteiger partial charge in [0.2, 0.25) is 0 Å². The van der Waals surface area contributed by atoms with Crippen LogP contribution in [-0.2, 0) is 20.7 Å². The maximum absolute atomic E-state index is 13.5. The van der Waals surface area contributed by atoms with E-state index in [1.165, 1.54) is 7.11 Å². The molecule has 1 fully saturated rings. The summed E-state index contributed by atoms with van der Waals surface area (Å²) in [6.45, 7) is 9.67. The Bertz CT molecular complexity index is 1050. The Morgan fingerprint density at radius 3 is 2.55 bits per heavy atom. The molecule has 180 valence electrons. The molecule has 33 heavy (non-hydrogen) atoms. The van der Waals surface area contributed by atoms with Gasteiger partial charge in [0.25, 0.3) is 0 Å². The van der Waals surface area contributed by atoms with Crippen molar-refractivity contribution < 1.29 is 23.8 Å². The van der Waals surface area contributed by atoms with Crippen molar-refractivity contribution in [1.82, 2.24) is 9.47 Å². The summed E-state index contributed by atoms with van der Waals surface area (Å²) in [6.07, 6.45) is 2.70. The maximum atomic E-state index is 13.5. The van der Waals surface area contributed by atoms with E-state index in [9.17, 15) is 9.59 Å². The average molecular weight is 457 g/mol. The molecule has 0 amide bonds. The van der Waals surface area contributed by atoms with Crippen LogP contribution in [-0.4, -0.2) is 54.4 Å². The highest BCUT2D eigenvalue weighted by atomic mass is 16.6. The lowest BCUT2D eigenvalue weighted by atomic mass is 9.76. The Labute approximate surface area is 196 Å². The summed E-state index contributed by atoms with van der Waals surface area (Å²) < 4.78 is 18.3. The van der Waals surface area contributed by atoms with Crippen LogP contribution in [0.2, 0.25) is 0 Å². The molecule has 0 spiro atoms. The predicted molar refractivity (Wildman–Crippen MR) is 127 cm³/mol. The van der Waals surface area contributed by atoms with E-state index in [1.54, 1.807) is 11.7 Å². The van der Waals surface area contributed by atoms with Gasteiger partial charge in [0.05, 0.1) is 31.5 Å². The van der Waals surface area contributed by atoms with Crippen LogP contribution in [0.4, 0.5) is 4.79 Å². The van der Waals surface area contributed by atoms with Gasteiger partial charge in [0.15, 0.2) is 0 Å². The van der Waals surface area contributed by atoms with Crippen LogP contribution in [0.3, 0.4) is 0 Å². The number of esters is 1. The quantitative estimate of drug-likeness (QED) is 0.607. The lowest BCUT2D eigenvalue weighted by Gasteiger charge is -2.46. The third kappa shape index (κ3) is 4.35. The van der Waals surface area contributed by atoms with Crippen molar-refractivity contribution in [2.24, 2.45) is 11.8 Å². The van der Waals surface area contributed by atoms with Gasteiger partial charge in [-0.3, -0.25) is 9.69 Å². The number of methoxy groups -OCH3 is 2. The van der Waals surface area contributed by atoms with Crippen molar-refractivity contribution in [3.8, 4) is 5.75 Å². The van der Waals surface area contributed by atoms with Gasteiger partial charge in [-0.2, -0.15) is 0 Å². The van der Waals surface area contributed by atoms with Crippen LogP contribution in [0.5, 0.6) is 5.75 Å². The summed E-state index contributed by atoms with van der Waals surface area (Å²) in [5.41, 5.74) is 2.35. The van der Waals surface area contributed by atoms with Gasteiger partial charge in [-0.15, -0.1) is 0 Å². The van der Waals surface area contributed by atoms with Crippen molar-refractivity contribution in [3.63, 3.8) is 0 Å². The molecule has 7 heteroatoms. The zero-order valence-corrected chi connectivity index (χ0v) is 20.6. The molecule has 2 aromatic rings. The second kappa shape index (κ2) is 9.01. The number of ether oxygens (including phenoxy) is 3. The first kappa shape index (κ1) is 23.6. The number of hydrogen-bond acceptors (Lipinski definition) is 6. The van der Waals surface area contributed by atoms with E-state index in [0.29, 0.717) is 12.3 Å². The second-order valence-electron chi connectivity index (χ2n) is 10.2. The maximum Gasteiger partial charge on any atom is 0.419 e. The highest BCUT2D eigenvalue weighted by molar-refractivity contribution is 5.98. The number of rotatable bonds is 4. The predicted octanol–water partition coefficient (Wildman–Crippen LogP) is 4.94. The molecule has 0 radical (unpaired) electrons. The van der Waals surface area contributed by atoms with E-state index >= 15 is 0 Å². The fourth-order valence-electron chi connectivity index (χ4n) is 5.68. The van der Waals surface area contributed by atoms with Gasteiger partial charge in [-0.25, -0.2) is 9.36 Å². The first-order chi connectivity index (χ1) is 15.7. The molecule has 3 heterocycles. The Morgan fingerprint density at radius 2 is 1.91 bits per heavy atom. The largest absolute Gasteiger partial charge is 0.496 e. The smallest absolute Gasteiger partial charge is 0.419 e. The highest BCUT2D eigenvalue weighted by Crippen LogP contribution is 2.47. The minimum absolute atomic E-state index is 0.0378. The molecule has 4 rings (SSSR count). The third-order valence-corrected chi connectivity index (χ3v) is 7.14. The Balaban J connectivity index is 1.86. The Kier molecular flexibility index (Phi) is 6.45. The minimum Gasteiger partial charge on any atom is -0.496 e. The normalized spacial score (nSPS) is 23.0. The fraction of sp³-hybridized carbons (Fsp3) is 0.615. The number of hydrogen-bond donors (Lipinski definition) is 0. The monoisotopic (exact) mass is 456 g/mol. The molecule has 2 aliphatic rings. The summed E-state index contributed by atoms with van der Waals surface area (Å²) >= 11 is 0. The molecule has 0 N–H and O–H groups in total. The van der Waals surface area contributed by atoms with Crippen molar-refractivity contribution >= 4 is 23.0 Å². The molecule has 0 saturated carbocycles. The Morgan fingerprint density at radius 1 is 1.15 bits per heavy atom. The van der Waals surface area contributed by atoms with E-state index < -0.39 is 5.60 Å². The van der Waals surface area contributed by atoms with Crippen LogP contribution in [0, 0.1) is 11.8 Å². The molecule has 0 aliphatic carbocycles. The van der Waals surface area contributed by atoms with Gasteiger partial charge < -0.3 is 14.2 Å². The SMILES string of the molecule is CC[C@@H]1CN2CCc3c(n(C(=O)OC(C)(C)C)c4cccc(OC)c34)[C@@H]2C[C@@H]1CC(=O)OC. The molecule has 7 nitrogen and oxygen atoms in total. The summed E-state index contributed by atoms with van der Waals surface area (Å²) in [4.78, 5) is 28.2. The van der Waals surface area contributed by atoms with E-state index in [4.69, 9.17) is 14.2 Å². The van der Waals surface area contributed by atoms with E-state index in [2.05, 4.69) is 11.8 Å². The molecule has 1 saturated heterocycles. The zero-order chi connectivity index (χ0) is 23.9. The number of fused-ring (bicyclic) bond motifs is 5. The first-order valence-corrected chi connectivity index (χ1v) is 11.9. The van der Waals surface area contributed by atoms with Crippen LogP contribution in [0.15, 0.2) is 18.2 Å². The average Bonchev–Trinajstić information content (AvgIpc) is 3.12. The number of carbonyl (C=O) groups excluding carboxylic acids is 2. The number of aromatic nitrogens is 1.